The van der Waals surface area contributed by atoms with E-state index in [1.54, 1.807) is 16.7 Å². The van der Waals surface area contributed by atoms with Crippen molar-refractivity contribution in [1.29, 1.82) is 0 Å². The predicted molar refractivity (Wildman–Crippen MR) is 278 cm³/mol. The van der Waals surface area contributed by atoms with E-state index >= 15 is 0 Å². The van der Waals surface area contributed by atoms with Gasteiger partial charge < -0.3 is 30.6 Å². The minimum absolute atomic E-state index is 0. The first-order valence-corrected chi connectivity index (χ1v) is 24.5. The molecule has 0 unspecified atom stereocenters. The van der Waals surface area contributed by atoms with Gasteiger partial charge in [0.1, 0.15) is 0 Å². The van der Waals surface area contributed by atoms with E-state index < -0.39 is 0 Å². The molecule has 0 aromatic rings. The summed E-state index contributed by atoms with van der Waals surface area (Å²) in [7, 11) is 0. The SMILES string of the molecule is CC(=O)/C=C(/C)[O-].CC(=O)/C=C(/C)[O-].CC(=O)/C=C(/C)[O-].CC(=O)/C=C(/C)[O-].CC(=O)/C=C(/C)[O-].CC(=O)/C=C(/C)[O-].CC1=CC[C@@H]2C=CC[C@H]1C2.CC1=CC[C@@H]2C=CC[C@H]1C2.CC1=CC[C@@H]2C=CC[C@H]1C2.[Ru+2].[Ru+2].[Ru+2]. The molecule has 0 N–H and O–H groups in total. The van der Waals surface area contributed by atoms with E-state index in [1.807, 2.05) is 0 Å². The third-order valence-corrected chi connectivity index (χ3v) is 10.8. The molecule has 0 aromatic carbocycles. The Morgan fingerprint density at radius 3 is 0.600 bits per heavy atom. The minimum Gasteiger partial charge on any atom is -0.876 e. The van der Waals surface area contributed by atoms with Gasteiger partial charge in [-0.1, -0.05) is 113 Å². The van der Waals surface area contributed by atoms with Crippen LogP contribution in [0.3, 0.4) is 0 Å². The van der Waals surface area contributed by atoms with Gasteiger partial charge >= 0.3 is 58.4 Å². The first-order chi connectivity index (χ1) is 33.3. The monoisotopic (exact) mass is 1300 g/mol. The fourth-order valence-electron chi connectivity index (χ4n) is 7.80. The molecule has 0 saturated carbocycles. The molecule has 0 radical (unpaired) electrons. The van der Waals surface area contributed by atoms with Crippen LogP contribution in [-0.2, 0) is 87.2 Å². The summed E-state index contributed by atoms with van der Waals surface area (Å²) >= 11 is 0. The standard InChI is InChI=1S/3C10H14.6C5H8O2.3Ru/c3*1-8-5-6-9-3-2-4-10(8)7-9;6*1-4(6)3-5(2)7;;;/h3*2-3,5,9-10H,4,6-7H2,1H3;6*3,6H,1-2H3;;;/q;;;;;;;;;3*+2/p-6/b;;;6*4-3-;;;/t3*9-,10-;;;;;;;;;/m000........./s1. The number of carbonyl (C=O) groups excluding carboxylic acids is 6. The average molecular weight is 1300 g/mol. The van der Waals surface area contributed by atoms with Crippen molar-refractivity contribution in [3.8, 4) is 0 Å². The maximum atomic E-state index is 9.98. The van der Waals surface area contributed by atoms with E-state index in [1.165, 1.54) is 141 Å². The number of hydrogen-bond acceptors (Lipinski definition) is 12. The van der Waals surface area contributed by atoms with Gasteiger partial charge in [-0.15, -0.1) is 34.6 Å². The van der Waals surface area contributed by atoms with Crippen LogP contribution in [0.15, 0.2) is 142 Å². The molecule has 0 heterocycles. The van der Waals surface area contributed by atoms with E-state index in [0.29, 0.717) is 0 Å². The molecule has 0 fully saturated rings. The fourth-order valence-corrected chi connectivity index (χ4v) is 7.80. The van der Waals surface area contributed by atoms with Crippen LogP contribution in [0.1, 0.15) is 162 Å². The molecule has 6 bridgehead atoms. The normalized spacial score (nSPS) is 21.4. The summed E-state index contributed by atoms with van der Waals surface area (Å²) in [4.78, 5) is 59.9. The maximum absolute atomic E-state index is 9.98. The molecule has 0 spiro atoms. The second-order valence-electron chi connectivity index (χ2n) is 18.8. The second kappa shape index (κ2) is 48.0. The van der Waals surface area contributed by atoms with Gasteiger partial charge in [0.15, 0.2) is 34.7 Å². The van der Waals surface area contributed by atoms with Gasteiger partial charge in [-0.05, 0) is 192 Å². The molecule has 420 valence electrons. The van der Waals surface area contributed by atoms with Crippen LogP contribution in [0.2, 0.25) is 0 Å². The van der Waals surface area contributed by atoms with Crippen molar-refractivity contribution in [3.63, 3.8) is 0 Å². The van der Waals surface area contributed by atoms with Crippen molar-refractivity contribution < 1.29 is 118 Å². The Hall–Kier alpha value is -4.43. The number of rotatable bonds is 6. The number of ketones is 6. The van der Waals surface area contributed by atoms with E-state index in [4.69, 9.17) is 0 Å². The van der Waals surface area contributed by atoms with Crippen molar-refractivity contribution in [1.82, 2.24) is 0 Å². The van der Waals surface area contributed by atoms with Crippen molar-refractivity contribution in [2.24, 2.45) is 35.5 Å². The van der Waals surface area contributed by atoms with E-state index in [0.717, 1.165) is 72.0 Å². The van der Waals surface area contributed by atoms with Crippen LogP contribution < -0.4 is 30.6 Å². The Morgan fingerprint density at radius 1 is 0.333 bits per heavy atom. The van der Waals surface area contributed by atoms with Crippen LogP contribution in [0.25, 0.3) is 0 Å². The quantitative estimate of drug-likeness (QED) is 0.107. The van der Waals surface area contributed by atoms with Crippen LogP contribution in [0, 0.1) is 35.5 Å². The summed E-state index contributed by atoms with van der Waals surface area (Å²) < 4.78 is 0. The fraction of sp³-hybridized carbons (Fsp3) is 0.500. The van der Waals surface area contributed by atoms with Crippen LogP contribution in [0.4, 0.5) is 0 Å². The number of allylic oxidation sites excluding steroid dienone is 24. The molecule has 0 aliphatic heterocycles. The molecule has 0 amide bonds. The molecule has 75 heavy (non-hydrogen) atoms. The third kappa shape index (κ3) is 54.2. The van der Waals surface area contributed by atoms with Crippen molar-refractivity contribution in [2.75, 3.05) is 0 Å². The average Bonchev–Trinajstić information content (AvgIpc) is 3.22. The Kier molecular flexibility index (Phi) is 52.4. The summed E-state index contributed by atoms with van der Waals surface area (Å²) in [6.45, 7) is 23.0. The third-order valence-electron chi connectivity index (χ3n) is 10.8. The summed E-state index contributed by atoms with van der Waals surface area (Å²) in [5.41, 5.74) is 4.88. The van der Waals surface area contributed by atoms with Gasteiger partial charge in [-0.25, -0.2) is 0 Å². The summed E-state index contributed by atoms with van der Waals surface area (Å²) in [6.07, 6.45) is 39.8. The summed E-state index contributed by atoms with van der Waals surface area (Å²) in [6, 6.07) is 0. The van der Waals surface area contributed by atoms with Crippen LogP contribution in [-0.4, -0.2) is 34.7 Å². The van der Waals surface area contributed by atoms with Gasteiger partial charge in [0.2, 0.25) is 0 Å². The Balaban J connectivity index is -0.000000179. The van der Waals surface area contributed by atoms with Gasteiger partial charge in [-0.2, -0.15) is 0 Å². The van der Waals surface area contributed by atoms with Crippen molar-refractivity contribution >= 4 is 34.7 Å². The zero-order valence-electron chi connectivity index (χ0n) is 46.9. The molecule has 6 aliphatic carbocycles. The Morgan fingerprint density at radius 2 is 0.493 bits per heavy atom. The molecule has 12 nitrogen and oxygen atoms in total. The molecular weight excluding hydrogens is 1220 g/mol. The largest absolute Gasteiger partial charge is 2.00 e. The maximum Gasteiger partial charge on any atom is 2.00 e. The summed E-state index contributed by atoms with van der Waals surface area (Å²) in [5, 5.41) is 59.9. The number of fused-ring (bicyclic) bond motifs is 6. The van der Waals surface area contributed by atoms with Gasteiger partial charge in [0.25, 0.3) is 0 Å². The van der Waals surface area contributed by atoms with Crippen molar-refractivity contribution in [3.05, 3.63) is 142 Å². The Bertz CT molecular complexity index is 1800. The molecule has 6 atom stereocenters. The predicted octanol–water partition coefficient (Wildman–Crippen LogP) is 7.79. The first kappa shape index (κ1) is 81.9. The minimum atomic E-state index is -0.187. The van der Waals surface area contributed by atoms with Crippen LogP contribution >= 0.6 is 0 Å². The van der Waals surface area contributed by atoms with Gasteiger partial charge in [-0.3, -0.25) is 28.8 Å². The second-order valence-corrected chi connectivity index (χ2v) is 18.8. The van der Waals surface area contributed by atoms with Crippen LogP contribution in [0.5, 0.6) is 0 Å². The molecule has 0 saturated heterocycles. The summed E-state index contributed by atoms with van der Waals surface area (Å²) in [5.74, 6) is 3.06. The van der Waals surface area contributed by atoms with Gasteiger partial charge in [0.05, 0.1) is 0 Å². The first-order valence-electron chi connectivity index (χ1n) is 24.5. The Labute approximate surface area is 488 Å². The van der Waals surface area contributed by atoms with Gasteiger partial charge in [0, 0.05) is 0 Å². The molecule has 15 heteroatoms. The van der Waals surface area contributed by atoms with Crippen molar-refractivity contribution in [2.45, 2.75) is 162 Å². The smallest absolute Gasteiger partial charge is 0.876 e. The molecule has 6 rings (SSSR count). The molecular formula is C60H84O12Ru3. The topological polar surface area (TPSA) is 241 Å². The van der Waals surface area contributed by atoms with E-state index in [2.05, 4.69) is 75.5 Å². The zero-order valence-corrected chi connectivity index (χ0v) is 52.2. The van der Waals surface area contributed by atoms with E-state index in [9.17, 15) is 59.4 Å². The molecule has 0 aromatic heterocycles. The number of carbonyl (C=O) groups is 6. The van der Waals surface area contributed by atoms with E-state index in [-0.39, 0.29) is 128 Å². The zero-order chi connectivity index (χ0) is 56.1. The number of hydrogen-bond donors (Lipinski definition) is 0. The molecule has 6 aliphatic rings.